The van der Waals surface area contributed by atoms with Gasteiger partial charge in [-0.1, -0.05) is 46.2 Å². The van der Waals surface area contributed by atoms with E-state index in [-0.39, 0.29) is 12.5 Å². The lowest BCUT2D eigenvalue weighted by molar-refractivity contribution is 0.0343. The predicted molar refractivity (Wildman–Crippen MR) is 82.5 cm³/mol. The number of ether oxygens (including phenoxy) is 1. The molecule has 110 valence electrons. The molecule has 1 aromatic carbocycles. The molecule has 0 bridgehead atoms. The molecule has 1 saturated heterocycles. The van der Waals surface area contributed by atoms with Crippen molar-refractivity contribution in [2.24, 2.45) is 11.3 Å². The highest BCUT2D eigenvalue weighted by molar-refractivity contribution is 6.61. The van der Waals surface area contributed by atoms with Crippen molar-refractivity contribution in [2.45, 2.75) is 34.1 Å². The highest BCUT2D eigenvalue weighted by Gasteiger charge is 2.33. The van der Waals surface area contributed by atoms with E-state index in [1.807, 2.05) is 24.3 Å². The van der Waals surface area contributed by atoms with Crippen LogP contribution in [0.5, 0.6) is 5.75 Å². The SMILES string of the molecule is CC[C@H](C)COc1ccc(B2OCC(C)(C)CO2)cc1. The summed E-state index contributed by atoms with van der Waals surface area (Å²) >= 11 is 0. The maximum Gasteiger partial charge on any atom is 0.493 e. The van der Waals surface area contributed by atoms with Gasteiger partial charge in [-0.3, -0.25) is 0 Å². The second-order valence-electron chi connectivity index (χ2n) is 6.51. The van der Waals surface area contributed by atoms with E-state index in [0.29, 0.717) is 5.92 Å². The molecule has 4 heteroatoms. The first-order valence-electron chi connectivity index (χ1n) is 7.46. The summed E-state index contributed by atoms with van der Waals surface area (Å²) in [5, 5.41) is 0. The quantitative estimate of drug-likeness (QED) is 0.774. The lowest BCUT2D eigenvalue weighted by Crippen LogP contribution is -2.47. The standard InChI is InChI=1S/C16H25BO3/c1-5-13(2)10-18-15-8-6-14(7-9-15)17-19-11-16(3,4)12-20-17/h6-9,13H,5,10-12H2,1-4H3/t13-/m0/s1. The van der Waals surface area contributed by atoms with Crippen molar-refractivity contribution in [2.75, 3.05) is 19.8 Å². The molecule has 0 N–H and O–H groups in total. The van der Waals surface area contributed by atoms with Crippen molar-refractivity contribution >= 4 is 12.6 Å². The summed E-state index contributed by atoms with van der Waals surface area (Å²) in [6.45, 7) is 10.9. The van der Waals surface area contributed by atoms with Gasteiger partial charge in [0.2, 0.25) is 0 Å². The van der Waals surface area contributed by atoms with Crippen molar-refractivity contribution in [3.8, 4) is 5.75 Å². The van der Waals surface area contributed by atoms with Gasteiger partial charge in [-0.25, -0.2) is 0 Å². The van der Waals surface area contributed by atoms with Gasteiger partial charge in [0.15, 0.2) is 0 Å². The molecule has 0 unspecified atom stereocenters. The molecule has 1 aromatic rings. The second-order valence-corrected chi connectivity index (χ2v) is 6.51. The Morgan fingerprint density at radius 3 is 2.35 bits per heavy atom. The molecule has 0 aliphatic carbocycles. The van der Waals surface area contributed by atoms with Crippen molar-refractivity contribution in [3.63, 3.8) is 0 Å². The van der Waals surface area contributed by atoms with Gasteiger partial charge in [-0.2, -0.15) is 0 Å². The molecule has 1 heterocycles. The molecule has 0 radical (unpaired) electrons. The molecule has 1 aliphatic heterocycles. The number of rotatable bonds is 5. The molecule has 1 aliphatic rings. The molecule has 0 amide bonds. The summed E-state index contributed by atoms with van der Waals surface area (Å²) < 4.78 is 17.3. The van der Waals surface area contributed by atoms with E-state index in [2.05, 4.69) is 27.7 Å². The Morgan fingerprint density at radius 1 is 1.20 bits per heavy atom. The van der Waals surface area contributed by atoms with Crippen LogP contribution in [0.3, 0.4) is 0 Å². The largest absolute Gasteiger partial charge is 0.493 e. The van der Waals surface area contributed by atoms with Crippen LogP contribution in [0.25, 0.3) is 0 Å². The first-order chi connectivity index (χ1) is 9.50. The lowest BCUT2D eigenvalue weighted by Gasteiger charge is -2.33. The van der Waals surface area contributed by atoms with E-state index >= 15 is 0 Å². The van der Waals surface area contributed by atoms with Gasteiger partial charge >= 0.3 is 7.12 Å². The van der Waals surface area contributed by atoms with Gasteiger partial charge in [0.1, 0.15) is 5.75 Å². The third-order valence-corrected chi connectivity index (χ3v) is 3.63. The van der Waals surface area contributed by atoms with Crippen molar-refractivity contribution in [1.82, 2.24) is 0 Å². The molecule has 20 heavy (non-hydrogen) atoms. The second kappa shape index (κ2) is 6.64. The predicted octanol–water partition coefficient (Wildman–Crippen LogP) is 2.88. The highest BCUT2D eigenvalue weighted by Crippen LogP contribution is 2.21. The summed E-state index contributed by atoms with van der Waals surface area (Å²) in [7, 11) is -0.244. The van der Waals surface area contributed by atoms with Gasteiger partial charge in [0.25, 0.3) is 0 Å². The molecule has 0 saturated carbocycles. The smallest absolute Gasteiger partial charge is 0.493 e. The minimum atomic E-state index is -0.244. The molecule has 1 atom stereocenters. The van der Waals surface area contributed by atoms with Crippen LogP contribution >= 0.6 is 0 Å². The Kier molecular flexibility index (Phi) is 5.11. The average molecular weight is 276 g/mol. The zero-order valence-corrected chi connectivity index (χ0v) is 13.0. The van der Waals surface area contributed by atoms with Gasteiger partial charge in [-0.15, -0.1) is 0 Å². The summed E-state index contributed by atoms with van der Waals surface area (Å²) in [5.74, 6) is 1.49. The minimum Gasteiger partial charge on any atom is -0.493 e. The van der Waals surface area contributed by atoms with Crippen molar-refractivity contribution in [3.05, 3.63) is 24.3 Å². The van der Waals surface area contributed by atoms with Gasteiger partial charge in [0, 0.05) is 18.6 Å². The maximum atomic E-state index is 5.77. The Labute approximate surface area is 122 Å². The normalized spacial score (nSPS) is 19.7. The van der Waals surface area contributed by atoms with Crippen LogP contribution in [0.2, 0.25) is 0 Å². The summed E-state index contributed by atoms with van der Waals surface area (Å²) in [5.41, 5.74) is 1.16. The zero-order chi connectivity index (χ0) is 14.6. The topological polar surface area (TPSA) is 27.7 Å². The summed E-state index contributed by atoms with van der Waals surface area (Å²) in [4.78, 5) is 0. The van der Waals surface area contributed by atoms with E-state index in [4.69, 9.17) is 14.0 Å². The van der Waals surface area contributed by atoms with E-state index in [0.717, 1.165) is 37.5 Å². The zero-order valence-electron chi connectivity index (χ0n) is 13.0. The Hall–Kier alpha value is -0.995. The lowest BCUT2D eigenvalue weighted by atomic mass is 9.76. The molecule has 1 fully saturated rings. The van der Waals surface area contributed by atoms with E-state index in [9.17, 15) is 0 Å². The monoisotopic (exact) mass is 276 g/mol. The molecular weight excluding hydrogens is 251 g/mol. The maximum absolute atomic E-state index is 5.77. The highest BCUT2D eigenvalue weighted by atomic mass is 16.6. The van der Waals surface area contributed by atoms with Crippen LogP contribution in [-0.4, -0.2) is 26.9 Å². The van der Waals surface area contributed by atoms with Gasteiger partial charge in [-0.05, 0) is 23.5 Å². The van der Waals surface area contributed by atoms with E-state index in [1.54, 1.807) is 0 Å². The third kappa shape index (κ3) is 4.25. The number of hydrogen-bond acceptors (Lipinski definition) is 3. The molecule has 0 spiro atoms. The third-order valence-electron chi connectivity index (χ3n) is 3.63. The fraction of sp³-hybridized carbons (Fsp3) is 0.625. The minimum absolute atomic E-state index is 0.107. The van der Waals surface area contributed by atoms with Gasteiger partial charge in [0.05, 0.1) is 6.61 Å². The number of hydrogen-bond donors (Lipinski definition) is 0. The Bertz CT molecular complexity index is 406. The first-order valence-corrected chi connectivity index (χ1v) is 7.46. The summed E-state index contributed by atoms with van der Waals surface area (Å²) in [6.07, 6.45) is 1.14. The Morgan fingerprint density at radius 2 is 1.80 bits per heavy atom. The van der Waals surface area contributed by atoms with E-state index in [1.165, 1.54) is 0 Å². The van der Waals surface area contributed by atoms with Crippen LogP contribution in [0.4, 0.5) is 0 Å². The average Bonchev–Trinajstić information content (AvgIpc) is 2.45. The van der Waals surface area contributed by atoms with Crippen LogP contribution in [-0.2, 0) is 9.31 Å². The number of benzene rings is 1. The molecule has 3 nitrogen and oxygen atoms in total. The van der Waals surface area contributed by atoms with Crippen LogP contribution in [0, 0.1) is 11.3 Å². The Balaban J connectivity index is 1.88. The molecular formula is C16H25BO3. The fourth-order valence-electron chi connectivity index (χ4n) is 1.96. The van der Waals surface area contributed by atoms with Gasteiger partial charge < -0.3 is 14.0 Å². The van der Waals surface area contributed by atoms with Crippen molar-refractivity contribution in [1.29, 1.82) is 0 Å². The van der Waals surface area contributed by atoms with E-state index < -0.39 is 0 Å². The van der Waals surface area contributed by atoms with Crippen LogP contribution in [0.1, 0.15) is 34.1 Å². The first kappa shape index (κ1) is 15.4. The van der Waals surface area contributed by atoms with Crippen LogP contribution in [0.15, 0.2) is 24.3 Å². The fourth-order valence-corrected chi connectivity index (χ4v) is 1.96. The van der Waals surface area contributed by atoms with Crippen LogP contribution < -0.4 is 10.2 Å². The van der Waals surface area contributed by atoms with Crippen molar-refractivity contribution < 1.29 is 14.0 Å². The summed E-state index contributed by atoms with van der Waals surface area (Å²) in [6, 6.07) is 8.03. The molecule has 0 aromatic heterocycles. The molecule has 2 rings (SSSR count).